The lowest BCUT2D eigenvalue weighted by molar-refractivity contribution is 0.0718. The van der Waals surface area contributed by atoms with Crippen LogP contribution in [0.2, 0.25) is 5.02 Å². The van der Waals surface area contributed by atoms with Crippen molar-refractivity contribution in [1.82, 2.24) is 9.47 Å². The maximum Gasteiger partial charge on any atom is 0.254 e. The summed E-state index contributed by atoms with van der Waals surface area (Å²) < 4.78 is 7.91. The number of rotatable bonds is 11. The van der Waals surface area contributed by atoms with E-state index in [-0.39, 0.29) is 5.91 Å². The van der Waals surface area contributed by atoms with Gasteiger partial charge in [-0.3, -0.25) is 4.79 Å². The fourth-order valence-corrected chi connectivity index (χ4v) is 3.86. The number of aromatic nitrogens is 1. The van der Waals surface area contributed by atoms with E-state index in [0.717, 1.165) is 41.4 Å². The Labute approximate surface area is 196 Å². The number of carbonyl (C=O) groups excluding carboxylic acids is 1. The molecule has 0 radical (unpaired) electrons. The number of hydrogen-bond acceptors (Lipinski definition) is 2. The maximum absolute atomic E-state index is 13.4. The Hall–Kier alpha value is -2.72. The molecule has 0 atom stereocenters. The predicted molar refractivity (Wildman–Crippen MR) is 131 cm³/mol. The summed E-state index contributed by atoms with van der Waals surface area (Å²) >= 11 is 6.15. The molecule has 1 heterocycles. The van der Waals surface area contributed by atoms with Gasteiger partial charge in [-0.25, -0.2) is 0 Å². The van der Waals surface area contributed by atoms with Gasteiger partial charge in [-0.1, -0.05) is 50.9 Å². The van der Waals surface area contributed by atoms with E-state index in [1.807, 2.05) is 53.4 Å². The van der Waals surface area contributed by atoms with Gasteiger partial charge in [-0.2, -0.15) is 0 Å². The minimum Gasteiger partial charge on any atom is -0.494 e. The molecule has 0 aliphatic rings. The van der Waals surface area contributed by atoms with E-state index in [9.17, 15) is 4.79 Å². The number of benzene rings is 2. The molecule has 0 saturated heterocycles. The van der Waals surface area contributed by atoms with E-state index in [1.54, 1.807) is 0 Å². The number of carbonyl (C=O) groups is 1. The molecule has 0 aliphatic heterocycles. The van der Waals surface area contributed by atoms with Gasteiger partial charge in [-0.15, -0.1) is 0 Å². The van der Waals surface area contributed by atoms with Crippen molar-refractivity contribution < 1.29 is 9.53 Å². The van der Waals surface area contributed by atoms with E-state index in [0.29, 0.717) is 31.2 Å². The van der Waals surface area contributed by atoms with Crippen LogP contribution in [0.5, 0.6) is 5.75 Å². The van der Waals surface area contributed by atoms with Gasteiger partial charge in [0, 0.05) is 35.6 Å². The van der Waals surface area contributed by atoms with Crippen molar-refractivity contribution in [3.8, 4) is 5.75 Å². The second kappa shape index (κ2) is 11.8. The van der Waals surface area contributed by atoms with E-state index in [2.05, 4.69) is 43.7 Å². The summed E-state index contributed by atoms with van der Waals surface area (Å²) in [5.74, 6) is 1.21. The van der Waals surface area contributed by atoms with Gasteiger partial charge in [-0.05, 0) is 66.4 Å². The summed E-state index contributed by atoms with van der Waals surface area (Å²) in [5.41, 5.74) is 2.91. The molecule has 170 valence electrons. The fourth-order valence-electron chi connectivity index (χ4n) is 3.65. The molecule has 0 N–H and O–H groups in total. The Bertz CT molecular complexity index is 995. The SMILES string of the molecule is CCCCOc1ccc(C(=O)N(Cc2cccn2Cc2cccc(Cl)c2)CC(C)C)cc1. The minimum absolute atomic E-state index is 0.0364. The molecule has 1 amide bonds. The van der Waals surface area contributed by atoms with Crippen LogP contribution in [0, 0.1) is 5.92 Å². The van der Waals surface area contributed by atoms with Crippen LogP contribution in [0.1, 0.15) is 55.2 Å². The van der Waals surface area contributed by atoms with Crippen molar-refractivity contribution >= 4 is 17.5 Å². The number of amides is 1. The molecule has 1 aromatic heterocycles. The Balaban J connectivity index is 1.73. The van der Waals surface area contributed by atoms with E-state index < -0.39 is 0 Å². The van der Waals surface area contributed by atoms with E-state index in [4.69, 9.17) is 16.3 Å². The first-order chi connectivity index (χ1) is 15.5. The molecule has 2 aromatic carbocycles. The van der Waals surface area contributed by atoms with Crippen LogP contribution in [0.4, 0.5) is 0 Å². The summed E-state index contributed by atoms with van der Waals surface area (Å²) in [5, 5.41) is 0.731. The van der Waals surface area contributed by atoms with Gasteiger partial charge in [0.15, 0.2) is 0 Å². The highest BCUT2D eigenvalue weighted by Gasteiger charge is 2.19. The molecule has 0 fully saturated rings. The number of hydrogen-bond donors (Lipinski definition) is 0. The summed E-state index contributed by atoms with van der Waals surface area (Å²) in [7, 11) is 0. The van der Waals surface area contributed by atoms with Crippen molar-refractivity contribution in [2.45, 2.75) is 46.7 Å². The molecule has 0 spiro atoms. The Morgan fingerprint density at radius 2 is 1.88 bits per heavy atom. The van der Waals surface area contributed by atoms with Gasteiger partial charge >= 0.3 is 0 Å². The first-order valence-electron chi connectivity index (χ1n) is 11.4. The van der Waals surface area contributed by atoms with Gasteiger partial charge in [0.25, 0.3) is 5.91 Å². The summed E-state index contributed by atoms with van der Waals surface area (Å²) in [4.78, 5) is 15.3. The second-order valence-corrected chi connectivity index (χ2v) is 9.00. The quantitative estimate of drug-likeness (QED) is 0.304. The molecule has 0 unspecified atom stereocenters. The largest absolute Gasteiger partial charge is 0.494 e. The van der Waals surface area contributed by atoms with Gasteiger partial charge in [0.2, 0.25) is 0 Å². The molecule has 0 aliphatic carbocycles. The van der Waals surface area contributed by atoms with Crippen molar-refractivity contribution in [3.05, 3.63) is 88.7 Å². The highest BCUT2D eigenvalue weighted by atomic mass is 35.5. The standard InChI is InChI=1S/C27H33ClN2O2/c1-4-5-16-32-26-13-11-23(12-14-26)27(31)30(18-21(2)3)20-25-10-7-15-29(25)19-22-8-6-9-24(28)17-22/h6-15,17,21H,4-5,16,18-20H2,1-3H3. The fraction of sp³-hybridized carbons (Fsp3) is 0.370. The predicted octanol–water partition coefficient (Wildman–Crippen LogP) is 6.67. The van der Waals surface area contributed by atoms with Crippen LogP contribution in [0.25, 0.3) is 0 Å². The third-order valence-corrected chi connectivity index (χ3v) is 5.49. The molecule has 4 nitrogen and oxygen atoms in total. The lowest BCUT2D eigenvalue weighted by Crippen LogP contribution is -2.34. The molecule has 0 saturated carbocycles. The zero-order valence-corrected chi connectivity index (χ0v) is 20.0. The smallest absolute Gasteiger partial charge is 0.254 e. The zero-order chi connectivity index (χ0) is 22.9. The number of halogens is 1. The molecule has 3 rings (SSSR count). The van der Waals surface area contributed by atoms with Crippen LogP contribution < -0.4 is 4.74 Å². The number of ether oxygens (including phenoxy) is 1. The monoisotopic (exact) mass is 452 g/mol. The van der Waals surface area contributed by atoms with Crippen molar-refractivity contribution in [2.24, 2.45) is 5.92 Å². The van der Waals surface area contributed by atoms with Crippen LogP contribution in [-0.4, -0.2) is 28.5 Å². The van der Waals surface area contributed by atoms with Crippen LogP contribution in [0.15, 0.2) is 66.9 Å². The Morgan fingerprint density at radius 3 is 2.56 bits per heavy atom. The highest BCUT2D eigenvalue weighted by molar-refractivity contribution is 6.30. The van der Waals surface area contributed by atoms with Crippen molar-refractivity contribution in [3.63, 3.8) is 0 Å². The first kappa shape index (κ1) is 23.9. The average Bonchev–Trinajstić information content (AvgIpc) is 3.19. The molecular formula is C27H33ClN2O2. The molecule has 0 bridgehead atoms. The van der Waals surface area contributed by atoms with Crippen LogP contribution in [0.3, 0.4) is 0 Å². The minimum atomic E-state index is 0.0364. The lowest BCUT2D eigenvalue weighted by Gasteiger charge is -2.25. The maximum atomic E-state index is 13.4. The average molecular weight is 453 g/mol. The van der Waals surface area contributed by atoms with Crippen molar-refractivity contribution in [1.29, 1.82) is 0 Å². The Kier molecular flexibility index (Phi) is 8.81. The van der Waals surface area contributed by atoms with E-state index >= 15 is 0 Å². The third-order valence-electron chi connectivity index (χ3n) is 5.26. The zero-order valence-electron chi connectivity index (χ0n) is 19.3. The molecule has 32 heavy (non-hydrogen) atoms. The first-order valence-corrected chi connectivity index (χ1v) is 11.7. The summed E-state index contributed by atoms with van der Waals surface area (Å²) in [6.45, 7) is 9.07. The highest BCUT2D eigenvalue weighted by Crippen LogP contribution is 2.18. The third kappa shape index (κ3) is 6.89. The molecule has 3 aromatic rings. The summed E-state index contributed by atoms with van der Waals surface area (Å²) in [6.07, 6.45) is 4.17. The van der Waals surface area contributed by atoms with Gasteiger partial charge in [0.1, 0.15) is 5.75 Å². The van der Waals surface area contributed by atoms with Crippen LogP contribution in [-0.2, 0) is 13.1 Å². The van der Waals surface area contributed by atoms with Crippen molar-refractivity contribution in [2.75, 3.05) is 13.2 Å². The second-order valence-electron chi connectivity index (χ2n) is 8.56. The van der Waals surface area contributed by atoms with E-state index in [1.165, 1.54) is 0 Å². The normalized spacial score (nSPS) is 11.0. The van der Waals surface area contributed by atoms with Gasteiger partial charge < -0.3 is 14.2 Å². The van der Waals surface area contributed by atoms with Crippen LogP contribution >= 0.6 is 11.6 Å². The molecular weight excluding hydrogens is 420 g/mol. The lowest BCUT2D eigenvalue weighted by atomic mass is 10.1. The summed E-state index contributed by atoms with van der Waals surface area (Å²) in [6, 6.07) is 19.5. The Morgan fingerprint density at radius 1 is 1.09 bits per heavy atom. The van der Waals surface area contributed by atoms with Gasteiger partial charge in [0.05, 0.1) is 13.2 Å². The topological polar surface area (TPSA) is 34.5 Å². The molecule has 5 heteroatoms. The number of unbranched alkanes of at least 4 members (excludes halogenated alkanes) is 1. The number of nitrogens with zero attached hydrogens (tertiary/aromatic N) is 2.